The molecule has 1 aliphatic rings. The number of primary amides is 1. The van der Waals surface area contributed by atoms with Gasteiger partial charge in [-0.3, -0.25) is 9.48 Å². The zero-order valence-electron chi connectivity index (χ0n) is 12.9. The molecule has 1 aromatic carbocycles. The molecule has 8 heteroatoms. The molecule has 0 saturated carbocycles. The fourth-order valence-electron chi connectivity index (χ4n) is 2.97. The maximum Gasteiger partial charge on any atom is 0.417 e. The highest BCUT2D eigenvalue weighted by atomic mass is 19.4. The second-order valence-corrected chi connectivity index (χ2v) is 5.68. The molecule has 2 heterocycles. The number of rotatable bonds is 4. The number of aryl methyl sites for hydroxylation is 1. The van der Waals surface area contributed by atoms with E-state index in [-0.39, 0.29) is 18.5 Å². The van der Waals surface area contributed by atoms with Crippen LogP contribution in [-0.4, -0.2) is 22.2 Å². The average molecular weight is 338 g/mol. The van der Waals surface area contributed by atoms with Gasteiger partial charge in [-0.25, -0.2) is 0 Å². The quantitative estimate of drug-likeness (QED) is 0.897. The molecule has 3 rings (SSSR count). The third-order valence-corrected chi connectivity index (χ3v) is 4.06. The lowest BCUT2D eigenvalue weighted by atomic mass is 9.98. The lowest BCUT2D eigenvalue weighted by Gasteiger charge is -2.16. The van der Waals surface area contributed by atoms with E-state index in [0.717, 1.165) is 23.9 Å². The van der Waals surface area contributed by atoms with E-state index in [1.54, 1.807) is 10.7 Å². The second-order valence-electron chi connectivity index (χ2n) is 5.68. The normalized spacial score (nSPS) is 14.5. The minimum atomic E-state index is -4.46. The van der Waals surface area contributed by atoms with Crippen LogP contribution in [0.25, 0.3) is 11.3 Å². The van der Waals surface area contributed by atoms with Gasteiger partial charge in [0.25, 0.3) is 0 Å². The van der Waals surface area contributed by atoms with Gasteiger partial charge >= 0.3 is 6.18 Å². The van der Waals surface area contributed by atoms with E-state index < -0.39 is 17.6 Å². The van der Waals surface area contributed by atoms with Crippen molar-refractivity contribution < 1.29 is 18.0 Å². The molecule has 0 unspecified atom stereocenters. The van der Waals surface area contributed by atoms with Gasteiger partial charge in [0, 0.05) is 49.3 Å². The van der Waals surface area contributed by atoms with E-state index in [0.29, 0.717) is 18.7 Å². The molecule has 0 saturated heterocycles. The molecule has 5 nitrogen and oxygen atoms in total. The smallest absolute Gasteiger partial charge is 0.370 e. The number of hydrogen-bond acceptors (Lipinski definition) is 3. The van der Waals surface area contributed by atoms with Crippen LogP contribution in [0.15, 0.2) is 24.3 Å². The summed E-state index contributed by atoms with van der Waals surface area (Å²) in [5.74, 6) is -0.467. The summed E-state index contributed by atoms with van der Waals surface area (Å²) in [5.41, 5.74) is 6.45. The summed E-state index contributed by atoms with van der Waals surface area (Å²) >= 11 is 0. The van der Waals surface area contributed by atoms with E-state index >= 15 is 0 Å². The molecule has 0 atom stereocenters. The highest BCUT2D eigenvalue weighted by Crippen LogP contribution is 2.38. The number of carbonyl (C=O) groups excluding carboxylic acids is 1. The first-order chi connectivity index (χ1) is 11.4. The average Bonchev–Trinajstić information content (AvgIpc) is 2.91. The van der Waals surface area contributed by atoms with Gasteiger partial charge in [-0.05, 0) is 6.07 Å². The zero-order valence-corrected chi connectivity index (χ0v) is 12.9. The number of carbonyl (C=O) groups is 1. The fourth-order valence-corrected chi connectivity index (χ4v) is 2.97. The van der Waals surface area contributed by atoms with E-state index in [2.05, 4.69) is 10.4 Å². The van der Waals surface area contributed by atoms with Gasteiger partial charge in [0.05, 0.1) is 11.3 Å². The number of aromatic nitrogens is 2. The number of nitrogens with two attached hydrogens (primary N) is 1. The Morgan fingerprint density at radius 3 is 2.79 bits per heavy atom. The molecule has 1 aromatic heterocycles. The van der Waals surface area contributed by atoms with E-state index in [9.17, 15) is 18.0 Å². The number of nitrogens with one attached hydrogen (secondary N) is 1. The van der Waals surface area contributed by atoms with Crippen LogP contribution in [0.3, 0.4) is 0 Å². The Morgan fingerprint density at radius 1 is 1.33 bits per heavy atom. The minimum absolute atomic E-state index is 0.0581. The summed E-state index contributed by atoms with van der Waals surface area (Å²) in [4.78, 5) is 11.0. The number of fused-ring (bicyclic) bond motifs is 1. The van der Waals surface area contributed by atoms with Crippen LogP contribution in [0.1, 0.15) is 23.2 Å². The molecule has 0 fully saturated rings. The van der Waals surface area contributed by atoms with Crippen LogP contribution in [-0.2, 0) is 30.5 Å². The Labute approximate surface area is 136 Å². The van der Waals surface area contributed by atoms with Gasteiger partial charge in [0.1, 0.15) is 0 Å². The molecule has 128 valence electrons. The molecule has 0 radical (unpaired) electrons. The molecule has 3 N–H and O–H groups in total. The summed E-state index contributed by atoms with van der Waals surface area (Å²) in [6, 6.07) is 5.41. The van der Waals surface area contributed by atoms with Crippen molar-refractivity contribution >= 4 is 5.91 Å². The van der Waals surface area contributed by atoms with Crippen LogP contribution in [0, 0.1) is 0 Å². The van der Waals surface area contributed by atoms with Crippen molar-refractivity contribution in [2.45, 2.75) is 32.1 Å². The van der Waals surface area contributed by atoms with Gasteiger partial charge in [0.2, 0.25) is 5.91 Å². The lowest BCUT2D eigenvalue weighted by Crippen LogP contribution is -2.25. The van der Waals surface area contributed by atoms with Crippen molar-refractivity contribution in [2.75, 3.05) is 6.54 Å². The molecule has 0 bridgehead atoms. The van der Waals surface area contributed by atoms with Crippen molar-refractivity contribution in [3.05, 3.63) is 41.1 Å². The van der Waals surface area contributed by atoms with E-state index in [1.165, 1.54) is 12.1 Å². The number of halogens is 3. The summed E-state index contributed by atoms with van der Waals surface area (Å²) in [6.45, 7) is 1.44. The first-order valence-corrected chi connectivity index (χ1v) is 7.62. The predicted molar refractivity (Wildman–Crippen MR) is 81.9 cm³/mol. The Balaban J connectivity index is 2.11. The van der Waals surface area contributed by atoms with Crippen molar-refractivity contribution in [1.29, 1.82) is 0 Å². The lowest BCUT2D eigenvalue weighted by molar-refractivity contribution is -0.137. The fraction of sp³-hybridized carbons (Fsp3) is 0.375. The van der Waals surface area contributed by atoms with E-state index in [4.69, 9.17) is 5.73 Å². The molecular formula is C16H17F3N4O. The maximum atomic E-state index is 13.3. The Kier molecular flexibility index (Phi) is 4.31. The van der Waals surface area contributed by atoms with Crippen molar-refractivity contribution in [3.8, 4) is 11.3 Å². The van der Waals surface area contributed by atoms with Crippen LogP contribution in [0.5, 0.6) is 0 Å². The third-order valence-electron chi connectivity index (χ3n) is 4.06. The van der Waals surface area contributed by atoms with Gasteiger partial charge < -0.3 is 11.1 Å². The SMILES string of the molecule is NC(=O)CCn1nc(-c2ccccc2C(F)(F)F)c2c1CCNC2. The van der Waals surface area contributed by atoms with Crippen LogP contribution in [0.2, 0.25) is 0 Å². The first-order valence-electron chi connectivity index (χ1n) is 7.62. The number of alkyl halides is 3. The first kappa shape index (κ1) is 16.5. The molecule has 2 aromatic rings. The zero-order chi connectivity index (χ0) is 17.3. The summed E-state index contributed by atoms with van der Waals surface area (Å²) in [5, 5.41) is 7.54. The van der Waals surface area contributed by atoms with E-state index in [1.807, 2.05) is 0 Å². The Bertz CT molecular complexity index is 767. The number of nitrogens with zero attached hydrogens (tertiary/aromatic N) is 2. The number of benzene rings is 1. The van der Waals surface area contributed by atoms with Crippen molar-refractivity contribution in [3.63, 3.8) is 0 Å². The van der Waals surface area contributed by atoms with Gasteiger partial charge in [0.15, 0.2) is 0 Å². The predicted octanol–water partition coefficient (Wildman–Crippen LogP) is 2.09. The van der Waals surface area contributed by atoms with Crippen LogP contribution >= 0.6 is 0 Å². The Hall–Kier alpha value is -2.35. The van der Waals surface area contributed by atoms with Crippen molar-refractivity contribution in [1.82, 2.24) is 15.1 Å². The number of amides is 1. The Morgan fingerprint density at radius 2 is 2.08 bits per heavy atom. The highest BCUT2D eigenvalue weighted by molar-refractivity contribution is 5.73. The van der Waals surface area contributed by atoms with Gasteiger partial charge in [-0.15, -0.1) is 0 Å². The maximum absolute atomic E-state index is 13.3. The summed E-state index contributed by atoms with van der Waals surface area (Å²) in [6.07, 6.45) is -3.71. The minimum Gasteiger partial charge on any atom is -0.370 e. The van der Waals surface area contributed by atoms with Crippen molar-refractivity contribution in [2.24, 2.45) is 5.73 Å². The van der Waals surface area contributed by atoms with Gasteiger partial charge in [-0.1, -0.05) is 18.2 Å². The standard InChI is InChI=1S/C16H17F3N4O/c17-16(18,19)12-4-2-1-3-10(12)15-11-9-21-7-5-13(11)23(22-15)8-6-14(20)24/h1-4,21H,5-9H2,(H2,20,24). The van der Waals surface area contributed by atoms with Gasteiger partial charge in [-0.2, -0.15) is 18.3 Å². The molecule has 24 heavy (non-hydrogen) atoms. The highest BCUT2D eigenvalue weighted by Gasteiger charge is 2.35. The second kappa shape index (κ2) is 6.27. The van der Waals surface area contributed by atoms with Crippen LogP contribution in [0.4, 0.5) is 13.2 Å². The summed E-state index contributed by atoms with van der Waals surface area (Å²) < 4.78 is 41.6. The summed E-state index contributed by atoms with van der Waals surface area (Å²) in [7, 11) is 0. The molecule has 0 spiro atoms. The molecule has 0 aliphatic carbocycles. The largest absolute Gasteiger partial charge is 0.417 e. The molecule has 1 amide bonds. The molecular weight excluding hydrogens is 321 g/mol. The third kappa shape index (κ3) is 3.14. The van der Waals surface area contributed by atoms with Crippen LogP contribution < -0.4 is 11.1 Å². The molecule has 1 aliphatic heterocycles. The monoisotopic (exact) mass is 338 g/mol. The topological polar surface area (TPSA) is 72.9 Å². The number of hydrogen-bond donors (Lipinski definition) is 2.